The molecule has 0 aliphatic heterocycles. The molecule has 1 aromatic carbocycles. The van der Waals surface area contributed by atoms with Crippen molar-refractivity contribution in [2.45, 2.75) is 44.7 Å². The fraction of sp³-hybridized carbons (Fsp3) is 0.438. The number of thioether (sulfide) groups is 1. The van der Waals surface area contributed by atoms with Crippen LogP contribution in [0.4, 0.5) is 5.69 Å². The molecule has 2 aromatic rings. The summed E-state index contributed by atoms with van der Waals surface area (Å²) in [7, 11) is 0. The summed E-state index contributed by atoms with van der Waals surface area (Å²) in [6.07, 6.45) is 0. The highest BCUT2D eigenvalue weighted by atomic mass is 32.2. The lowest BCUT2D eigenvalue weighted by atomic mass is 10.0. The zero-order valence-corrected chi connectivity index (χ0v) is 14.7. The van der Waals surface area contributed by atoms with E-state index < -0.39 is 0 Å². The molecule has 0 saturated heterocycles. The minimum absolute atomic E-state index is 0.0959. The van der Waals surface area contributed by atoms with Gasteiger partial charge in [0.25, 0.3) is 0 Å². The van der Waals surface area contributed by atoms with E-state index in [1.165, 1.54) is 22.0 Å². The molecule has 2 rings (SSSR count). The van der Waals surface area contributed by atoms with Gasteiger partial charge in [-0.05, 0) is 23.6 Å². The number of benzene rings is 1. The summed E-state index contributed by atoms with van der Waals surface area (Å²) in [5.74, 6) is 7.44. The van der Waals surface area contributed by atoms with Crippen LogP contribution in [0.2, 0.25) is 0 Å². The lowest BCUT2D eigenvalue weighted by Crippen LogP contribution is -2.17. The molecule has 0 fully saturated rings. The molecule has 0 radical (unpaired) electrons. The van der Waals surface area contributed by atoms with Gasteiger partial charge in [-0.1, -0.05) is 51.6 Å². The van der Waals surface area contributed by atoms with Gasteiger partial charge in [0.15, 0.2) is 5.82 Å². The summed E-state index contributed by atoms with van der Waals surface area (Å²) < 4.78 is 1.44. The van der Waals surface area contributed by atoms with Crippen molar-refractivity contribution in [1.82, 2.24) is 14.9 Å². The predicted molar refractivity (Wildman–Crippen MR) is 94.1 cm³/mol. The predicted octanol–water partition coefficient (Wildman–Crippen LogP) is 2.97. The molecular formula is C16H23N5OS. The third kappa shape index (κ3) is 4.48. The Hall–Kier alpha value is -2.02. The average molecular weight is 333 g/mol. The van der Waals surface area contributed by atoms with Crippen LogP contribution < -0.4 is 11.2 Å². The summed E-state index contributed by atoms with van der Waals surface area (Å²) in [4.78, 5) is 12.0. The lowest BCUT2D eigenvalue weighted by Gasteiger charge is -2.08. The minimum Gasteiger partial charge on any atom is -0.336 e. The number of nitrogens with zero attached hydrogens (tertiary/aromatic N) is 3. The molecule has 1 aromatic heterocycles. The summed E-state index contributed by atoms with van der Waals surface area (Å²) in [6, 6.07) is 7.89. The number of hydrogen-bond donors (Lipinski definition) is 2. The van der Waals surface area contributed by atoms with Gasteiger partial charge in [-0.2, -0.15) is 0 Å². The first kappa shape index (κ1) is 17.3. The molecule has 0 saturated carbocycles. The van der Waals surface area contributed by atoms with Crippen LogP contribution in [-0.2, 0) is 4.79 Å². The van der Waals surface area contributed by atoms with E-state index in [1.54, 1.807) is 0 Å². The Bertz CT molecular complexity index is 664. The highest BCUT2D eigenvalue weighted by Crippen LogP contribution is 2.20. The van der Waals surface area contributed by atoms with Gasteiger partial charge in [0, 0.05) is 11.6 Å². The highest BCUT2D eigenvalue weighted by Gasteiger charge is 2.14. The molecule has 1 heterocycles. The van der Waals surface area contributed by atoms with Crippen molar-refractivity contribution in [2.24, 2.45) is 0 Å². The minimum atomic E-state index is -0.0959. The number of rotatable bonds is 6. The second kappa shape index (κ2) is 7.50. The third-order valence-corrected chi connectivity index (χ3v) is 4.34. The number of nitrogens with one attached hydrogen (secondary N) is 1. The number of amides is 1. The summed E-state index contributed by atoms with van der Waals surface area (Å²) >= 11 is 1.27. The standard InChI is InChI=1S/C16H23N5OS/c1-10(2)12-5-7-13(8-6-12)18-14(22)9-23-16-20-19-15(11(3)4)21(16)17/h5-8,10-11H,9,17H2,1-4H3,(H,18,22). The van der Waals surface area contributed by atoms with Crippen LogP contribution in [0, 0.1) is 0 Å². The quantitative estimate of drug-likeness (QED) is 0.627. The van der Waals surface area contributed by atoms with E-state index in [9.17, 15) is 4.79 Å². The van der Waals surface area contributed by atoms with Crippen molar-refractivity contribution in [3.05, 3.63) is 35.7 Å². The Morgan fingerprint density at radius 3 is 2.35 bits per heavy atom. The van der Waals surface area contributed by atoms with Gasteiger partial charge in [-0.3, -0.25) is 4.79 Å². The van der Waals surface area contributed by atoms with Crippen LogP contribution in [0.25, 0.3) is 0 Å². The number of hydrogen-bond acceptors (Lipinski definition) is 5. The maximum absolute atomic E-state index is 12.0. The van der Waals surface area contributed by atoms with Crippen LogP contribution in [0.1, 0.15) is 50.9 Å². The highest BCUT2D eigenvalue weighted by molar-refractivity contribution is 7.99. The normalized spacial score (nSPS) is 11.2. The van der Waals surface area contributed by atoms with Gasteiger partial charge in [-0.15, -0.1) is 10.2 Å². The second-order valence-corrected chi connectivity index (χ2v) is 6.92. The molecule has 0 spiro atoms. The van der Waals surface area contributed by atoms with Gasteiger partial charge < -0.3 is 11.2 Å². The molecule has 7 heteroatoms. The average Bonchev–Trinajstić information content (AvgIpc) is 2.87. The maximum atomic E-state index is 12.0. The van der Waals surface area contributed by atoms with Crippen molar-refractivity contribution in [2.75, 3.05) is 16.9 Å². The first-order valence-electron chi connectivity index (χ1n) is 7.61. The number of anilines is 1. The van der Waals surface area contributed by atoms with Gasteiger partial charge in [-0.25, -0.2) is 4.68 Å². The third-order valence-electron chi connectivity index (χ3n) is 3.40. The molecule has 23 heavy (non-hydrogen) atoms. The number of carbonyl (C=O) groups is 1. The Morgan fingerprint density at radius 2 is 1.83 bits per heavy atom. The maximum Gasteiger partial charge on any atom is 0.234 e. The van der Waals surface area contributed by atoms with E-state index in [4.69, 9.17) is 5.84 Å². The van der Waals surface area contributed by atoms with Crippen molar-refractivity contribution >= 4 is 23.4 Å². The number of carbonyl (C=O) groups excluding carboxylic acids is 1. The first-order chi connectivity index (χ1) is 10.9. The lowest BCUT2D eigenvalue weighted by molar-refractivity contribution is -0.113. The smallest absolute Gasteiger partial charge is 0.234 e. The number of aromatic nitrogens is 3. The van der Waals surface area contributed by atoms with Crippen molar-refractivity contribution in [3.8, 4) is 0 Å². The summed E-state index contributed by atoms with van der Waals surface area (Å²) in [5, 5.41) is 11.5. The molecular weight excluding hydrogens is 310 g/mol. The van der Waals surface area contributed by atoms with Crippen LogP contribution >= 0.6 is 11.8 Å². The zero-order valence-electron chi connectivity index (χ0n) is 13.9. The fourth-order valence-electron chi connectivity index (χ4n) is 2.06. The molecule has 6 nitrogen and oxygen atoms in total. The van der Waals surface area contributed by atoms with E-state index in [-0.39, 0.29) is 17.6 Å². The van der Waals surface area contributed by atoms with Crippen LogP contribution in [0.5, 0.6) is 0 Å². The molecule has 0 aliphatic rings. The monoisotopic (exact) mass is 333 g/mol. The Balaban J connectivity index is 1.90. The molecule has 0 bridgehead atoms. The van der Waals surface area contributed by atoms with Gasteiger partial charge in [0.2, 0.25) is 11.1 Å². The van der Waals surface area contributed by atoms with Crippen molar-refractivity contribution in [1.29, 1.82) is 0 Å². The SMILES string of the molecule is CC(C)c1ccc(NC(=O)CSc2nnc(C(C)C)n2N)cc1. The van der Waals surface area contributed by atoms with Crippen LogP contribution in [0.15, 0.2) is 29.4 Å². The molecule has 0 unspecified atom stereocenters. The van der Waals surface area contributed by atoms with E-state index in [0.29, 0.717) is 16.9 Å². The topological polar surface area (TPSA) is 85.8 Å². The van der Waals surface area contributed by atoms with Gasteiger partial charge in [0.05, 0.1) is 5.75 Å². The van der Waals surface area contributed by atoms with Gasteiger partial charge in [0.1, 0.15) is 0 Å². The summed E-state index contributed by atoms with van der Waals surface area (Å²) in [5.41, 5.74) is 2.03. The largest absolute Gasteiger partial charge is 0.336 e. The summed E-state index contributed by atoms with van der Waals surface area (Å²) in [6.45, 7) is 8.27. The van der Waals surface area contributed by atoms with E-state index in [2.05, 4.69) is 29.4 Å². The molecule has 0 aliphatic carbocycles. The Kier molecular flexibility index (Phi) is 5.65. The van der Waals surface area contributed by atoms with Crippen LogP contribution in [0.3, 0.4) is 0 Å². The Labute approximate surface area is 140 Å². The van der Waals surface area contributed by atoms with Crippen LogP contribution in [-0.4, -0.2) is 26.5 Å². The number of nitrogen functional groups attached to an aromatic ring is 1. The van der Waals surface area contributed by atoms with Crippen molar-refractivity contribution < 1.29 is 4.79 Å². The van der Waals surface area contributed by atoms with E-state index >= 15 is 0 Å². The molecule has 124 valence electrons. The van der Waals surface area contributed by atoms with Gasteiger partial charge >= 0.3 is 0 Å². The van der Waals surface area contributed by atoms with E-state index in [1.807, 2.05) is 38.1 Å². The van der Waals surface area contributed by atoms with Crippen molar-refractivity contribution in [3.63, 3.8) is 0 Å². The number of nitrogens with two attached hydrogens (primary N) is 1. The first-order valence-corrected chi connectivity index (χ1v) is 8.60. The second-order valence-electron chi connectivity index (χ2n) is 5.98. The molecule has 0 atom stereocenters. The molecule has 1 amide bonds. The molecule has 3 N–H and O–H groups in total. The fourth-order valence-corrected chi connectivity index (χ4v) is 2.72. The van der Waals surface area contributed by atoms with E-state index in [0.717, 1.165) is 5.69 Å². The Morgan fingerprint density at radius 1 is 1.17 bits per heavy atom. The zero-order chi connectivity index (χ0) is 17.0.